The Morgan fingerprint density at radius 3 is 2.59 bits per heavy atom. The maximum atomic E-state index is 12.3. The van der Waals surface area contributed by atoms with Crippen molar-refractivity contribution < 1.29 is 33.8 Å². The van der Waals surface area contributed by atoms with Gasteiger partial charge in [0.25, 0.3) is 11.1 Å². The van der Waals surface area contributed by atoms with E-state index in [4.69, 9.17) is 14.6 Å². The molecule has 1 fully saturated rings. The van der Waals surface area contributed by atoms with Gasteiger partial charge < -0.3 is 19.9 Å². The average molecular weight is 456 g/mol. The third-order valence-electron chi connectivity index (χ3n) is 5.02. The number of carbonyl (C=O) groups excluding carboxylic acids is 3. The zero-order valence-electron chi connectivity index (χ0n) is 16.8. The van der Waals surface area contributed by atoms with Crippen molar-refractivity contribution in [1.82, 2.24) is 10.6 Å². The van der Waals surface area contributed by atoms with Gasteiger partial charge in [0.05, 0.1) is 23.0 Å². The molecule has 0 bridgehead atoms. The summed E-state index contributed by atoms with van der Waals surface area (Å²) in [4.78, 5) is 46.2. The molecule has 2 aliphatic rings. The van der Waals surface area contributed by atoms with Gasteiger partial charge in [0.1, 0.15) is 11.5 Å². The predicted molar refractivity (Wildman–Crippen MR) is 115 cm³/mol. The molecule has 2 atom stereocenters. The van der Waals surface area contributed by atoms with E-state index < -0.39 is 17.4 Å². The minimum Gasteiger partial charge on any atom is -0.494 e. The molecule has 2 aromatic rings. The average Bonchev–Trinajstić information content (AvgIpc) is 3.08. The Kier molecular flexibility index (Phi) is 6.31. The Morgan fingerprint density at radius 1 is 1.12 bits per heavy atom. The van der Waals surface area contributed by atoms with Crippen molar-refractivity contribution >= 4 is 34.8 Å². The number of hydrogen-bond acceptors (Lipinski definition) is 7. The van der Waals surface area contributed by atoms with Gasteiger partial charge in [-0.2, -0.15) is 0 Å². The number of hydrogen-bond donors (Lipinski definition) is 3. The number of carbonyl (C=O) groups is 4. The van der Waals surface area contributed by atoms with Gasteiger partial charge in [0, 0.05) is 6.42 Å². The summed E-state index contributed by atoms with van der Waals surface area (Å²) in [7, 11) is 0. The highest BCUT2D eigenvalue weighted by molar-refractivity contribution is 8.15. The molecule has 3 amide bonds. The van der Waals surface area contributed by atoms with Crippen molar-refractivity contribution in [3.05, 3.63) is 59.2 Å². The first-order valence-corrected chi connectivity index (χ1v) is 10.8. The molecule has 2 aliphatic heterocycles. The number of ether oxygens (including phenoxy) is 2. The van der Waals surface area contributed by atoms with Crippen LogP contribution in [0.4, 0.5) is 4.79 Å². The molecule has 2 heterocycles. The standard InChI is InChI=1S/C22H20N2O7S/c25-19-15-11-13(21(27)28)5-8-16(15)31-18(23-19)2-1-9-30-14-6-3-12(4-7-14)10-17-20(26)24-22(29)32-17/h3-8,11,17-18H,1-2,9-10H2,(H,23,25)(H,27,28)(H,24,26,29). The van der Waals surface area contributed by atoms with E-state index in [1.54, 1.807) is 0 Å². The Balaban J connectivity index is 1.22. The van der Waals surface area contributed by atoms with E-state index in [-0.39, 0.29) is 28.2 Å². The summed E-state index contributed by atoms with van der Waals surface area (Å²) in [5.41, 5.74) is 1.16. The first-order chi connectivity index (χ1) is 15.4. The summed E-state index contributed by atoms with van der Waals surface area (Å²) in [6.07, 6.45) is 1.09. The molecular formula is C22H20N2O7S. The zero-order valence-corrected chi connectivity index (χ0v) is 17.6. The van der Waals surface area contributed by atoms with Crippen LogP contribution >= 0.6 is 11.8 Å². The third kappa shape index (κ3) is 5.02. The third-order valence-corrected chi connectivity index (χ3v) is 6.00. The number of thioether (sulfide) groups is 1. The van der Waals surface area contributed by atoms with Gasteiger partial charge in [-0.15, -0.1) is 0 Å². The number of fused-ring (bicyclic) bond motifs is 1. The molecule has 9 nitrogen and oxygen atoms in total. The van der Waals surface area contributed by atoms with E-state index in [1.165, 1.54) is 18.2 Å². The number of aromatic carboxylic acids is 1. The van der Waals surface area contributed by atoms with E-state index in [0.717, 1.165) is 17.3 Å². The molecule has 10 heteroatoms. The van der Waals surface area contributed by atoms with E-state index >= 15 is 0 Å². The maximum absolute atomic E-state index is 12.3. The minimum absolute atomic E-state index is 0.0270. The Morgan fingerprint density at radius 2 is 1.91 bits per heavy atom. The number of nitrogens with one attached hydrogen (secondary N) is 2. The Hall–Kier alpha value is -3.53. The highest BCUT2D eigenvalue weighted by Gasteiger charge is 2.31. The molecule has 2 unspecified atom stereocenters. The number of benzene rings is 2. The zero-order chi connectivity index (χ0) is 22.7. The summed E-state index contributed by atoms with van der Waals surface area (Å²) in [5.74, 6) is -0.704. The quantitative estimate of drug-likeness (QED) is 0.517. The van der Waals surface area contributed by atoms with Crippen LogP contribution in [0.1, 0.15) is 39.1 Å². The van der Waals surface area contributed by atoms with Gasteiger partial charge in [-0.1, -0.05) is 23.9 Å². The first kappa shape index (κ1) is 21.7. The van der Waals surface area contributed by atoms with Crippen LogP contribution in [0.25, 0.3) is 0 Å². The van der Waals surface area contributed by atoms with Crippen LogP contribution in [-0.4, -0.2) is 46.2 Å². The van der Waals surface area contributed by atoms with Gasteiger partial charge in [-0.25, -0.2) is 4.79 Å². The SMILES string of the molecule is O=C1NC(=O)C(Cc2ccc(OCCCC3NC(=O)c4cc(C(=O)O)ccc4O3)cc2)S1. The normalized spacial score (nSPS) is 19.6. The van der Waals surface area contributed by atoms with Gasteiger partial charge >= 0.3 is 5.97 Å². The van der Waals surface area contributed by atoms with E-state index in [9.17, 15) is 19.2 Å². The van der Waals surface area contributed by atoms with Gasteiger partial charge in [0.2, 0.25) is 5.91 Å². The molecule has 0 aliphatic carbocycles. The van der Waals surface area contributed by atoms with Crippen LogP contribution in [-0.2, 0) is 11.2 Å². The van der Waals surface area contributed by atoms with Crippen LogP contribution in [0.3, 0.4) is 0 Å². The molecule has 4 rings (SSSR count). The highest BCUT2D eigenvalue weighted by atomic mass is 32.2. The van der Waals surface area contributed by atoms with Crippen LogP contribution < -0.4 is 20.1 Å². The lowest BCUT2D eigenvalue weighted by Gasteiger charge is -2.27. The van der Waals surface area contributed by atoms with Gasteiger partial charge in [-0.3, -0.25) is 19.7 Å². The molecular weight excluding hydrogens is 436 g/mol. The van der Waals surface area contributed by atoms with Crippen LogP contribution in [0.5, 0.6) is 11.5 Å². The Bertz CT molecular complexity index is 1070. The molecule has 2 aromatic carbocycles. The van der Waals surface area contributed by atoms with Crippen molar-refractivity contribution in [3.8, 4) is 11.5 Å². The molecule has 0 saturated carbocycles. The molecule has 1 saturated heterocycles. The summed E-state index contributed by atoms with van der Waals surface area (Å²) in [6, 6.07) is 11.5. The number of carboxylic acids is 1. The lowest BCUT2D eigenvalue weighted by atomic mass is 10.1. The number of amides is 3. The van der Waals surface area contributed by atoms with Crippen molar-refractivity contribution in [2.45, 2.75) is 30.7 Å². The van der Waals surface area contributed by atoms with Crippen molar-refractivity contribution in [1.29, 1.82) is 0 Å². The topological polar surface area (TPSA) is 131 Å². The fourth-order valence-corrected chi connectivity index (χ4v) is 4.26. The fraction of sp³-hybridized carbons (Fsp3) is 0.273. The second-order valence-electron chi connectivity index (χ2n) is 7.32. The summed E-state index contributed by atoms with van der Waals surface area (Å²) in [6.45, 7) is 0.412. The highest BCUT2D eigenvalue weighted by Crippen LogP contribution is 2.26. The number of imide groups is 1. The van der Waals surface area contributed by atoms with Crippen molar-refractivity contribution in [2.24, 2.45) is 0 Å². The second kappa shape index (κ2) is 9.31. The largest absolute Gasteiger partial charge is 0.494 e. The van der Waals surface area contributed by atoms with Gasteiger partial charge in [-0.05, 0) is 48.7 Å². The minimum atomic E-state index is -1.11. The molecule has 166 valence electrons. The smallest absolute Gasteiger partial charge is 0.335 e. The maximum Gasteiger partial charge on any atom is 0.335 e. The summed E-state index contributed by atoms with van der Waals surface area (Å²) in [5, 5.41) is 13.3. The van der Waals surface area contributed by atoms with Crippen molar-refractivity contribution in [2.75, 3.05) is 6.61 Å². The summed E-state index contributed by atoms with van der Waals surface area (Å²) >= 11 is 1.00. The van der Waals surface area contributed by atoms with E-state index in [1.807, 2.05) is 24.3 Å². The molecule has 3 N–H and O–H groups in total. The van der Waals surface area contributed by atoms with Crippen LogP contribution in [0.15, 0.2) is 42.5 Å². The summed E-state index contributed by atoms with van der Waals surface area (Å²) < 4.78 is 11.5. The first-order valence-electron chi connectivity index (χ1n) is 9.97. The van der Waals surface area contributed by atoms with Crippen LogP contribution in [0.2, 0.25) is 0 Å². The van der Waals surface area contributed by atoms with Crippen LogP contribution in [0, 0.1) is 0 Å². The molecule has 0 radical (unpaired) electrons. The van der Waals surface area contributed by atoms with E-state index in [0.29, 0.717) is 37.4 Å². The molecule has 32 heavy (non-hydrogen) atoms. The Labute approximate surface area is 187 Å². The lowest BCUT2D eigenvalue weighted by molar-refractivity contribution is -0.118. The van der Waals surface area contributed by atoms with E-state index in [2.05, 4.69) is 10.6 Å². The predicted octanol–water partition coefficient (Wildman–Crippen LogP) is 2.59. The second-order valence-corrected chi connectivity index (χ2v) is 8.49. The number of carboxylic acid groups (broad SMARTS) is 1. The molecule has 0 aromatic heterocycles. The fourth-order valence-electron chi connectivity index (χ4n) is 3.40. The van der Waals surface area contributed by atoms with Crippen molar-refractivity contribution in [3.63, 3.8) is 0 Å². The molecule has 0 spiro atoms. The lowest BCUT2D eigenvalue weighted by Crippen LogP contribution is -2.43. The monoisotopic (exact) mass is 456 g/mol. The number of rotatable bonds is 8. The van der Waals surface area contributed by atoms with Gasteiger partial charge in [0.15, 0.2) is 6.23 Å².